The Morgan fingerprint density at radius 3 is 3.06 bits per heavy atom. The van der Waals surface area contributed by atoms with Crippen LogP contribution >= 0.6 is 11.8 Å². The molecule has 0 saturated carbocycles. The predicted molar refractivity (Wildman–Crippen MR) is 71.6 cm³/mol. The molecule has 18 heavy (non-hydrogen) atoms. The first kappa shape index (κ1) is 12.9. The largest absolute Gasteiger partial charge is 0.493 e. The molecule has 0 amide bonds. The highest BCUT2D eigenvalue weighted by Gasteiger charge is 2.01. The van der Waals surface area contributed by atoms with Gasteiger partial charge in [0.05, 0.1) is 6.61 Å². The van der Waals surface area contributed by atoms with Crippen LogP contribution in [-0.4, -0.2) is 27.1 Å². The number of nitrogens with zero attached hydrogens (tertiary/aromatic N) is 3. The van der Waals surface area contributed by atoms with Crippen LogP contribution in [0.25, 0.3) is 0 Å². The molecule has 0 aliphatic carbocycles. The summed E-state index contributed by atoms with van der Waals surface area (Å²) >= 11 is 1.62. The Morgan fingerprint density at radius 1 is 1.44 bits per heavy atom. The van der Waals surface area contributed by atoms with Gasteiger partial charge in [-0.25, -0.2) is 9.67 Å². The van der Waals surface area contributed by atoms with E-state index in [1.807, 2.05) is 31.3 Å². The number of benzene rings is 1. The summed E-state index contributed by atoms with van der Waals surface area (Å²) in [5.74, 6) is 1.69. The van der Waals surface area contributed by atoms with Crippen LogP contribution in [-0.2, 0) is 13.6 Å². The van der Waals surface area contributed by atoms with Crippen molar-refractivity contribution in [3.05, 3.63) is 36.2 Å². The second kappa shape index (κ2) is 6.42. The lowest BCUT2D eigenvalue weighted by Gasteiger charge is -2.06. The number of aryl methyl sites for hydroxylation is 1. The summed E-state index contributed by atoms with van der Waals surface area (Å²) in [6, 6.07) is 7.84. The molecule has 0 fully saturated rings. The Labute approximate surface area is 110 Å². The van der Waals surface area contributed by atoms with Gasteiger partial charge < -0.3 is 10.5 Å². The molecule has 6 heteroatoms. The van der Waals surface area contributed by atoms with E-state index >= 15 is 0 Å². The van der Waals surface area contributed by atoms with Gasteiger partial charge in [0.15, 0.2) is 5.16 Å². The van der Waals surface area contributed by atoms with E-state index in [1.165, 1.54) is 0 Å². The lowest BCUT2D eigenvalue weighted by Crippen LogP contribution is -2.03. The smallest absolute Gasteiger partial charge is 0.185 e. The third-order valence-electron chi connectivity index (χ3n) is 2.39. The molecule has 2 N–H and O–H groups in total. The van der Waals surface area contributed by atoms with Crippen LogP contribution in [0.3, 0.4) is 0 Å². The van der Waals surface area contributed by atoms with Gasteiger partial charge in [-0.2, -0.15) is 5.10 Å². The van der Waals surface area contributed by atoms with E-state index in [-0.39, 0.29) is 0 Å². The lowest BCUT2D eigenvalue weighted by molar-refractivity contribution is 0.343. The number of nitrogens with two attached hydrogens (primary N) is 1. The van der Waals surface area contributed by atoms with Crippen LogP contribution in [0.4, 0.5) is 0 Å². The molecule has 0 saturated heterocycles. The van der Waals surface area contributed by atoms with E-state index in [0.717, 1.165) is 22.2 Å². The fourth-order valence-electron chi connectivity index (χ4n) is 1.47. The Hall–Kier alpha value is -1.53. The maximum Gasteiger partial charge on any atom is 0.185 e. The number of aromatic nitrogens is 3. The summed E-state index contributed by atoms with van der Waals surface area (Å²) in [7, 11) is 1.88. The maximum absolute atomic E-state index is 5.65. The van der Waals surface area contributed by atoms with Gasteiger partial charge >= 0.3 is 0 Å². The van der Waals surface area contributed by atoms with Gasteiger partial charge in [-0.1, -0.05) is 23.9 Å². The number of thioether (sulfide) groups is 1. The molecular weight excluding hydrogens is 248 g/mol. The minimum absolute atomic E-state index is 0.533. The number of ether oxygens (including phenoxy) is 1. The molecule has 1 aromatic carbocycles. The molecule has 5 nitrogen and oxygen atoms in total. The average molecular weight is 264 g/mol. The van der Waals surface area contributed by atoms with Crippen molar-refractivity contribution in [3.8, 4) is 5.75 Å². The minimum atomic E-state index is 0.533. The highest BCUT2D eigenvalue weighted by Crippen LogP contribution is 2.15. The number of rotatable bonds is 6. The molecule has 0 unspecified atom stereocenters. The van der Waals surface area contributed by atoms with Gasteiger partial charge in [0.2, 0.25) is 0 Å². The number of hydrogen-bond acceptors (Lipinski definition) is 5. The standard InChI is InChI=1S/C12H16N4OS/c1-16-12(14-9-15-16)18-6-5-17-11-4-2-3-10(7-11)8-13/h2-4,7,9H,5-6,8,13H2,1H3. The zero-order valence-electron chi connectivity index (χ0n) is 10.2. The molecule has 0 radical (unpaired) electrons. The first-order valence-corrected chi connectivity index (χ1v) is 6.67. The van der Waals surface area contributed by atoms with Gasteiger partial charge in [0.25, 0.3) is 0 Å². The molecule has 0 aliphatic heterocycles. The van der Waals surface area contributed by atoms with Crippen LogP contribution in [0.5, 0.6) is 5.75 Å². The van der Waals surface area contributed by atoms with Crippen molar-refractivity contribution in [3.63, 3.8) is 0 Å². The van der Waals surface area contributed by atoms with Gasteiger partial charge in [-0.3, -0.25) is 0 Å². The molecule has 96 valence electrons. The molecule has 0 spiro atoms. The summed E-state index contributed by atoms with van der Waals surface area (Å²) in [6.45, 7) is 1.16. The van der Waals surface area contributed by atoms with Gasteiger partial charge in [0, 0.05) is 19.3 Å². The summed E-state index contributed by atoms with van der Waals surface area (Å²) < 4.78 is 7.40. The van der Waals surface area contributed by atoms with Crippen molar-refractivity contribution < 1.29 is 4.74 Å². The summed E-state index contributed by atoms with van der Waals surface area (Å²) in [6.07, 6.45) is 1.55. The average Bonchev–Trinajstić information content (AvgIpc) is 2.81. The van der Waals surface area contributed by atoms with E-state index in [2.05, 4.69) is 10.1 Å². The Bertz CT molecular complexity index is 500. The predicted octanol–water partition coefficient (Wildman–Crippen LogP) is 1.44. The SMILES string of the molecule is Cn1ncnc1SCCOc1cccc(CN)c1. The van der Waals surface area contributed by atoms with Crippen LogP contribution in [0.15, 0.2) is 35.7 Å². The second-order valence-corrected chi connectivity index (χ2v) is 4.78. The van der Waals surface area contributed by atoms with Crippen LogP contribution < -0.4 is 10.5 Å². The van der Waals surface area contributed by atoms with E-state index in [4.69, 9.17) is 10.5 Å². The van der Waals surface area contributed by atoms with Gasteiger partial charge in [0.1, 0.15) is 12.1 Å². The first-order valence-electron chi connectivity index (χ1n) is 5.68. The third-order valence-corrected chi connectivity index (χ3v) is 3.39. The molecule has 0 aliphatic rings. The van der Waals surface area contributed by atoms with E-state index in [1.54, 1.807) is 22.8 Å². The van der Waals surface area contributed by atoms with Gasteiger partial charge in [-0.15, -0.1) is 0 Å². The minimum Gasteiger partial charge on any atom is -0.493 e. The number of hydrogen-bond donors (Lipinski definition) is 1. The summed E-state index contributed by atoms with van der Waals surface area (Å²) in [5, 5.41) is 4.90. The molecule has 1 heterocycles. The summed E-state index contributed by atoms with van der Waals surface area (Å²) in [5.41, 5.74) is 6.65. The normalized spacial score (nSPS) is 10.6. The van der Waals surface area contributed by atoms with Crippen LogP contribution in [0, 0.1) is 0 Å². The van der Waals surface area contributed by atoms with Crippen LogP contribution in [0.2, 0.25) is 0 Å². The topological polar surface area (TPSA) is 66.0 Å². The summed E-state index contributed by atoms with van der Waals surface area (Å²) in [4.78, 5) is 4.13. The zero-order valence-corrected chi connectivity index (χ0v) is 11.1. The van der Waals surface area contributed by atoms with E-state index in [9.17, 15) is 0 Å². The molecule has 2 rings (SSSR count). The fourth-order valence-corrected chi connectivity index (χ4v) is 2.18. The quantitative estimate of drug-likeness (QED) is 0.632. The van der Waals surface area contributed by atoms with Crippen molar-refractivity contribution in [2.45, 2.75) is 11.7 Å². The zero-order chi connectivity index (χ0) is 12.8. The fraction of sp³-hybridized carbons (Fsp3) is 0.333. The molecule has 2 aromatic rings. The first-order chi connectivity index (χ1) is 8.79. The molecular formula is C12H16N4OS. The molecule has 1 aromatic heterocycles. The van der Waals surface area contributed by atoms with Gasteiger partial charge in [-0.05, 0) is 17.7 Å². The highest BCUT2D eigenvalue weighted by molar-refractivity contribution is 7.99. The molecule has 0 bridgehead atoms. The maximum atomic E-state index is 5.65. The third kappa shape index (κ3) is 3.48. The lowest BCUT2D eigenvalue weighted by atomic mass is 10.2. The van der Waals surface area contributed by atoms with E-state index in [0.29, 0.717) is 13.2 Å². The highest BCUT2D eigenvalue weighted by atomic mass is 32.2. The Balaban J connectivity index is 1.76. The van der Waals surface area contributed by atoms with Crippen molar-refractivity contribution in [1.29, 1.82) is 0 Å². The second-order valence-electron chi connectivity index (χ2n) is 3.71. The van der Waals surface area contributed by atoms with Crippen molar-refractivity contribution in [2.24, 2.45) is 12.8 Å². The van der Waals surface area contributed by atoms with E-state index < -0.39 is 0 Å². The van der Waals surface area contributed by atoms with Crippen LogP contribution in [0.1, 0.15) is 5.56 Å². The molecule has 0 atom stereocenters. The monoisotopic (exact) mass is 264 g/mol. The van der Waals surface area contributed by atoms with Crippen molar-refractivity contribution in [1.82, 2.24) is 14.8 Å². The van der Waals surface area contributed by atoms with Crippen molar-refractivity contribution in [2.75, 3.05) is 12.4 Å². The van der Waals surface area contributed by atoms with Crippen molar-refractivity contribution >= 4 is 11.8 Å². The Morgan fingerprint density at radius 2 is 2.33 bits per heavy atom. The Kier molecular flexibility index (Phi) is 4.60.